The molecule has 0 aliphatic carbocycles. The number of aromatic nitrogens is 1. The second-order valence-corrected chi connectivity index (χ2v) is 4.50. The van der Waals surface area contributed by atoms with Gasteiger partial charge in [-0.2, -0.15) is 0 Å². The van der Waals surface area contributed by atoms with Crippen molar-refractivity contribution in [2.24, 2.45) is 5.41 Å². The SMILES string of the molecule is COc1ccnc(NCC(C)(C)C)c1. The zero-order chi connectivity index (χ0) is 10.6. The van der Waals surface area contributed by atoms with E-state index in [1.165, 1.54) is 0 Å². The van der Waals surface area contributed by atoms with Gasteiger partial charge in [0.15, 0.2) is 0 Å². The van der Waals surface area contributed by atoms with Crippen LogP contribution in [-0.2, 0) is 0 Å². The smallest absolute Gasteiger partial charge is 0.129 e. The molecule has 0 aliphatic rings. The molecular formula is C11H18N2O. The van der Waals surface area contributed by atoms with Crippen molar-refractivity contribution in [1.82, 2.24) is 4.98 Å². The number of anilines is 1. The lowest BCUT2D eigenvalue weighted by atomic mass is 9.97. The van der Waals surface area contributed by atoms with Crippen molar-refractivity contribution in [3.63, 3.8) is 0 Å². The van der Waals surface area contributed by atoms with Crippen LogP contribution in [0.15, 0.2) is 18.3 Å². The number of ether oxygens (including phenoxy) is 1. The predicted molar refractivity (Wildman–Crippen MR) is 58.7 cm³/mol. The lowest BCUT2D eigenvalue weighted by molar-refractivity contribution is 0.414. The van der Waals surface area contributed by atoms with Gasteiger partial charge in [0.05, 0.1) is 7.11 Å². The molecule has 78 valence electrons. The molecule has 0 atom stereocenters. The Morgan fingerprint density at radius 1 is 1.43 bits per heavy atom. The highest BCUT2D eigenvalue weighted by atomic mass is 16.5. The molecule has 1 aromatic heterocycles. The van der Waals surface area contributed by atoms with Gasteiger partial charge < -0.3 is 10.1 Å². The standard InChI is InChI=1S/C11H18N2O/c1-11(2,3)8-13-10-7-9(14-4)5-6-12-10/h5-7H,8H2,1-4H3,(H,12,13). The predicted octanol–water partition coefficient (Wildman–Crippen LogP) is 2.55. The highest BCUT2D eigenvalue weighted by molar-refractivity contribution is 5.40. The summed E-state index contributed by atoms with van der Waals surface area (Å²) in [7, 11) is 1.66. The number of nitrogens with zero attached hydrogens (tertiary/aromatic N) is 1. The summed E-state index contributed by atoms with van der Waals surface area (Å²) < 4.78 is 5.11. The molecule has 1 rings (SSSR count). The maximum atomic E-state index is 5.11. The number of methoxy groups -OCH3 is 1. The average molecular weight is 194 g/mol. The van der Waals surface area contributed by atoms with E-state index in [0.29, 0.717) is 0 Å². The van der Waals surface area contributed by atoms with Crippen LogP contribution in [0.25, 0.3) is 0 Å². The molecule has 0 radical (unpaired) electrons. The molecule has 1 heterocycles. The Balaban J connectivity index is 2.59. The van der Waals surface area contributed by atoms with Crippen LogP contribution in [0.4, 0.5) is 5.82 Å². The van der Waals surface area contributed by atoms with Gasteiger partial charge in [0.25, 0.3) is 0 Å². The van der Waals surface area contributed by atoms with Gasteiger partial charge in [-0.15, -0.1) is 0 Å². The Kier molecular flexibility index (Phi) is 3.33. The molecule has 14 heavy (non-hydrogen) atoms. The maximum absolute atomic E-state index is 5.11. The quantitative estimate of drug-likeness (QED) is 0.803. The lowest BCUT2D eigenvalue weighted by Gasteiger charge is -2.19. The largest absolute Gasteiger partial charge is 0.497 e. The first-order chi connectivity index (χ1) is 6.51. The van der Waals surface area contributed by atoms with Crippen molar-refractivity contribution in [1.29, 1.82) is 0 Å². The lowest BCUT2D eigenvalue weighted by Crippen LogP contribution is -2.19. The minimum absolute atomic E-state index is 0.255. The molecule has 0 unspecified atom stereocenters. The second kappa shape index (κ2) is 4.31. The van der Waals surface area contributed by atoms with Crippen molar-refractivity contribution in [3.8, 4) is 5.75 Å². The first kappa shape index (κ1) is 10.8. The molecule has 0 fully saturated rings. The van der Waals surface area contributed by atoms with Gasteiger partial charge in [-0.25, -0.2) is 4.98 Å². The minimum Gasteiger partial charge on any atom is -0.497 e. The van der Waals surface area contributed by atoms with Crippen molar-refractivity contribution in [3.05, 3.63) is 18.3 Å². The third-order valence-electron chi connectivity index (χ3n) is 1.77. The van der Waals surface area contributed by atoms with Gasteiger partial charge in [-0.3, -0.25) is 0 Å². The molecule has 0 spiro atoms. The molecule has 1 aromatic rings. The van der Waals surface area contributed by atoms with E-state index in [1.807, 2.05) is 12.1 Å². The molecule has 0 aromatic carbocycles. The van der Waals surface area contributed by atoms with Crippen LogP contribution in [0.2, 0.25) is 0 Å². The Bertz CT molecular complexity index is 292. The van der Waals surface area contributed by atoms with E-state index in [-0.39, 0.29) is 5.41 Å². The van der Waals surface area contributed by atoms with Crippen LogP contribution in [-0.4, -0.2) is 18.6 Å². The molecule has 0 saturated carbocycles. The zero-order valence-electron chi connectivity index (χ0n) is 9.29. The van der Waals surface area contributed by atoms with Gasteiger partial charge in [0, 0.05) is 18.8 Å². The summed E-state index contributed by atoms with van der Waals surface area (Å²) in [4.78, 5) is 4.20. The molecular weight excluding hydrogens is 176 g/mol. The number of hydrogen-bond acceptors (Lipinski definition) is 3. The zero-order valence-corrected chi connectivity index (χ0v) is 9.29. The third kappa shape index (κ3) is 3.64. The summed E-state index contributed by atoms with van der Waals surface area (Å²) >= 11 is 0. The molecule has 3 nitrogen and oxygen atoms in total. The van der Waals surface area contributed by atoms with Crippen molar-refractivity contribution in [2.75, 3.05) is 19.0 Å². The summed E-state index contributed by atoms with van der Waals surface area (Å²) in [6.07, 6.45) is 1.74. The number of rotatable bonds is 3. The Morgan fingerprint density at radius 3 is 2.71 bits per heavy atom. The van der Waals surface area contributed by atoms with E-state index in [9.17, 15) is 0 Å². The van der Waals surface area contributed by atoms with Crippen molar-refractivity contribution in [2.45, 2.75) is 20.8 Å². The summed E-state index contributed by atoms with van der Waals surface area (Å²) in [6.45, 7) is 7.44. The number of nitrogens with one attached hydrogen (secondary N) is 1. The van der Waals surface area contributed by atoms with Crippen molar-refractivity contribution >= 4 is 5.82 Å². The molecule has 0 saturated heterocycles. The van der Waals surface area contributed by atoms with Crippen LogP contribution in [0.1, 0.15) is 20.8 Å². The highest BCUT2D eigenvalue weighted by Crippen LogP contribution is 2.17. The van der Waals surface area contributed by atoms with E-state index >= 15 is 0 Å². The van der Waals surface area contributed by atoms with Gasteiger partial charge in [0.1, 0.15) is 11.6 Å². The molecule has 3 heteroatoms. The van der Waals surface area contributed by atoms with E-state index < -0.39 is 0 Å². The molecule has 0 aliphatic heterocycles. The summed E-state index contributed by atoms with van der Waals surface area (Å²) in [6, 6.07) is 3.73. The summed E-state index contributed by atoms with van der Waals surface area (Å²) in [5.74, 6) is 1.69. The highest BCUT2D eigenvalue weighted by Gasteiger charge is 2.09. The van der Waals surface area contributed by atoms with Crippen LogP contribution >= 0.6 is 0 Å². The van der Waals surface area contributed by atoms with Gasteiger partial charge >= 0.3 is 0 Å². The first-order valence-electron chi connectivity index (χ1n) is 4.75. The normalized spacial score (nSPS) is 11.1. The van der Waals surface area contributed by atoms with Crippen LogP contribution in [0.3, 0.4) is 0 Å². The fraction of sp³-hybridized carbons (Fsp3) is 0.545. The molecule has 0 bridgehead atoms. The van der Waals surface area contributed by atoms with Gasteiger partial charge in [-0.1, -0.05) is 20.8 Å². The number of pyridine rings is 1. The summed E-state index contributed by atoms with van der Waals surface area (Å²) in [5, 5.41) is 3.27. The number of hydrogen-bond donors (Lipinski definition) is 1. The van der Waals surface area contributed by atoms with E-state index in [1.54, 1.807) is 13.3 Å². The Hall–Kier alpha value is -1.25. The van der Waals surface area contributed by atoms with Crippen LogP contribution in [0, 0.1) is 5.41 Å². The fourth-order valence-corrected chi connectivity index (χ4v) is 0.991. The minimum atomic E-state index is 0.255. The van der Waals surface area contributed by atoms with Gasteiger partial charge in [-0.05, 0) is 11.5 Å². The van der Waals surface area contributed by atoms with E-state index in [2.05, 4.69) is 31.1 Å². The van der Waals surface area contributed by atoms with E-state index in [4.69, 9.17) is 4.74 Å². The second-order valence-electron chi connectivity index (χ2n) is 4.50. The van der Waals surface area contributed by atoms with Crippen LogP contribution < -0.4 is 10.1 Å². The Labute approximate surface area is 85.5 Å². The topological polar surface area (TPSA) is 34.1 Å². The van der Waals surface area contributed by atoms with Gasteiger partial charge in [0.2, 0.25) is 0 Å². The molecule has 0 amide bonds. The monoisotopic (exact) mass is 194 g/mol. The Morgan fingerprint density at radius 2 is 2.14 bits per heavy atom. The summed E-state index contributed by atoms with van der Waals surface area (Å²) in [5.41, 5.74) is 0.255. The van der Waals surface area contributed by atoms with Crippen molar-refractivity contribution < 1.29 is 4.74 Å². The maximum Gasteiger partial charge on any atom is 0.129 e. The fourth-order valence-electron chi connectivity index (χ4n) is 0.991. The van der Waals surface area contributed by atoms with E-state index in [0.717, 1.165) is 18.1 Å². The third-order valence-corrected chi connectivity index (χ3v) is 1.77. The first-order valence-corrected chi connectivity index (χ1v) is 4.75. The van der Waals surface area contributed by atoms with Crippen LogP contribution in [0.5, 0.6) is 5.75 Å². The molecule has 1 N–H and O–H groups in total. The average Bonchev–Trinajstić information content (AvgIpc) is 2.14.